The molecule has 0 saturated heterocycles. The summed E-state index contributed by atoms with van der Waals surface area (Å²) in [5.41, 5.74) is 1.33. The molecule has 0 aliphatic carbocycles. The number of hydrogen-bond acceptors (Lipinski definition) is 5. The highest BCUT2D eigenvalue weighted by Crippen LogP contribution is 2.20. The highest BCUT2D eigenvalue weighted by atomic mass is 32.2. The number of anilines is 1. The van der Waals surface area contributed by atoms with Gasteiger partial charge in [-0.1, -0.05) is 0 Å². The first-order valence-electron chi connectivity index (χ1n) is 7.46. The van der Waals surface area contributed by atoms with Crippen molar-refractivity contribution in [3.63, 3.8) is 0 Å². The molecule has 7 nitrogen and oxygen atoms in total. The topological polar surface area (TPSA) is 85.6 Å². The van der Waals surface area contributed by atoms with Gasteiger partial charge in [-0.2, -0.15) is 9.61 Å². The van der Waals surface area contributed by atoms with E-state index in [9.17, 15) is 8.42 Å². The lowest BCUT2D eigenvalue weighted by atomic mass is 10.3. The van der Waals surface area contributed by atoms with Crippen LogP contribution in [-0.4, -0.2) is 29.1 Å². The van der Waals surface area contributed by atoms with E-state index in [1.807, 2.05) is 20.8 Å². The van der Waals surface area contributed by atoms with Crippen LogP contribution in [0.2, 0.25) is 0 Å². The van der Waals surface area contributed by atoms with Gasteiger partial charge >= 0.3 is 0 Å². The maximum Gasteiger partial charge on any atom is 0.263 e. The lowest BCUT2D eigenvalue weighted by molar-refractivity contribution is 0.242. The molecule has 3 aromatic rings. The molecule has 1 aromatic carbocycles. The van der Waals surface area contributed by atoms with Crippen LogP contribution in [-0.2, 0) is 10.0 Å². The van der Waals surface area contributed by atoms with E-state index in [2.05, 4.69) is 14.8 Å². The van der Waals surface area contributed by atoms with E-state index in [0.717, 1.165) is 5.69 Å². The van der Waals surface area contributed by atoms with E-state index in [4.69, 9.17) is 4.74 Å². The minimum Gasteiger partial charge on any atom is -0.491 e. The Hall–Kier alpha value is -2.61. The van der Waals surface area contributed by atoms with Crippen LogP contribution in [0, 0.1) is 6.92 Å². The zero-order valence-electron chi connectivity index (χ0n) is 13.6. The van der Waals surface area contributed by atoms with Crippen LogP contribution in [0.25, 0.3) is 5.65 Å². The molecular weight excluding hydrogens is 328 g/mol. The summed E-state index contributed by atoms with van der Waals surface area (Å²) in [6.07, 6.45) is 1.56. The van der Waals surface area contributed by atoms with Crippen molar-refractivity contribution in [1.29, 1.82) is 0 Å². The average Bonchev–Trinajstić information content (AvgIpc) is 2.88. The first-order valence-corrected chi connectivity index (χ1v) is 8.94. The lowest BCUT2D eigenvalue weighted by Crippen LogP contribution is -2.16. The van der Waals surface area contributed by atoms with Crippen LogP contribution in [0.5, 0.6) is 5.75 Å². The number of benzene rings is 1. The zero-order valence-corrected chi connectivity index (χ0v) is 14.4. The van der Waals surface area contributed by atoms with Gasteiger partial charge in [0.2, 0.25) is 0 Å². The van der Waals surface area contributed by atoms with Crippen molar-refractivity contribution in [3.8, 4) is 5.75 Å². The lowest BCUT2D eigenvalue weighted by Gasteiger charge is -2.11. The van der Waals surface area contributed by atoms with Crippen molar-refractivity contribution in [2.75, 3.05) is 4.72 Å². The Morgan fingerprint density at radius 1 is 1.17 bits per heavy atom. The van der Waals surface area contributed by atoms with Gasteiger partial charge in [-0.25, -0.2) is 13.4 Å². The first kappa shape index (κ1) is 16.3. The summed E-state index contributed by atoms with van der Waals surface area (Å²) in [6, 6.07) is 9.62. The molecule has 0 fully saturated rings. The SMILES string of the molecule is Cc1cc2nccc(NS(=O)(=O)c3ccc(OC(C)C)cc3)n2n1. The molecule has 0 spiro atoms. The molecule has 0 saturated carbocycles. The number of nitrogens with zero attached hydrogens (tertiary/aromatic N) is 3. The molecule has 24 heavy (non-hydrogen) atoms. The Morgan fingerprint density at radius 3 is 2.54 bits per heavy atom. The largest absolute Gasteiger partial charge is 0.491 e. The predicted molar refractivity (Wildman–Crippen MR) is 90.7 cm³/mol. The summed E-state index contributed by atoms with van der Waals surface area (Å²) < 4.78 is 34.7. The highest BCUT2D eigenvalue weighted by molar-refractivity contribution is 7.92. The average molecular weight is 346 g/mol. The molecule has 2 heterocycles. The van der Waals surface area contributed by atoms with E-state index < -0.39 is 10.0 Å². The number of aromatic nitrogens is 3. The predicted octanol–water partition coefficient (Wildman–Crippen LogP) is 2.63. The summed E-state index contributed by atoms with van der Waals surface area (Å²) in [5.74, 6) is 0.952. The number of rotatable bonds is 5. The molecule has 0 aliphatic heterocycles. The van der Waals surface area contributed by atoms with Crippen molar-refractivity contribution in [2.45, 2.75) is 31.8 Å². The van der Waals surface area contributed by atoms with Crippen LogP contribution in [0.15, 0.2) is 47.5 Å². The van der Waals surface area contributed by atoms with E-state index in [1.165, 1.54) is 22.8 Å². The number of ether oxygens (including phenoxy) is 1. The van der Waals surface area contributed by atoms with Crippen molar-refractivity contribution in [2.24, 2.45) is 0 Å². The summed E-state index contributed by atoms with van der Waals surface area (Å²) in [7, 11) is -3.73. The van der Waals surface area contributed by atoms with Crippen molar-refractivity contribution >= 4 is 21.5 Å². The highest BCUT2D eigenvalue weighted by Gasteiger charge is 2.16. The molecule has 0 radical (unpaired) electrons. The van der Waals surface area contributed by atoms with E-state index in [1.54, 1.807) is 24.3 Å². The molecule has 2 aromatic heterocycles. The van der Waals surface area contributed by atoms with Gasteiger partial charge in [-0.15, -0.1) is 0 Å². The fraction of sp³-hybridized carbons (Fsp3) is 0.250. The van der Waals surface area contributed by atoms with Gasteiger partial charge in [0.15, 0.2) is 5.65 Å². The molecule has 1 N–H and O–H groups in total. The Bertz CT molecular complexity index is 963. The van der Waals surface area contributed by atoms with Crippen LogP contribution < -0.4 is 9.46 Å². The maximum absolute atomic E-state index is 12.6. The minimum atomic E-state index is -3.73. The summed E-state index contributed by atoms with van der Waals surface area (Å²) in [4.78, 5) is 4.30. The Morgan fingerprint density at radius 2 is 1.88 bits per heavy atom. The van der Waals surface area contributed by atoms with Gasteiger partial charge in [0, 0.05) is 12.3 Å². The molecular formula is C16H18N4O3S. The Labute approximate surface area is 140 Å². The second-order valence-electron chi connectivity index (χ2n) is 5.63. The molecule has 0 amide bonds. The van der Waals surface area contributed by atoms with Crippen LogP contribution in [0.3, 0.4) is 0 Å². The normalized spacial score (nSPS) is 11.8. The number of aryl methyl sites for hydroxylation is 1. The van der Waals surface area contributed by atoms with Crippen molar-refractivity contribution < 1.29 is 13.2 Å². The second-order valence-corrected chi connectivity index (χ2v) is 7.31. The third kappa shape index (κ3) is 3.33. The van der Waals surface area contributed by atoms with Gasteiger partial charge in [-0.3, -0.25) is 4.72 Å². The monoisotopic (exact) mass is 346 g/mol. The third-order valence-corrected chi connectivity index (χ3v) is 4.60. The number of nitrogens with one attached hydrogen (secondary N) is 1. The standard InChI is InChI=1S/C16H18N4O3S/c1-11(2)23-13-4-6-14(7-5-13)24(21,22)19-15-8-9-17-16-10-12(3)18-20(15)16/h4-11,19H,1-3H3. The summed E-state index contributed by atoms with van der Waals surface area (Å²) in [5, 5.41) is 4.24. The molecule has 0 aliphatic rings. The maximum atomic E-state index is 12.6. The van der Waals surface area contributed by atoms with Gasteiger partial charge in [0.1, 0.15) is 11.6 Å². The minimum absolute atomic E-state index is 0.0266. The van der Waals surface area contributed by atoms with Crippen LogP contribution >= 0.6 is 0 Å². The third-order valence-electron chi connectivity index (χ3n) is 3.22. The van der Waals surface area contributed by atoms with Crippen molar-refractivity contribution in [1.82, 2.24) is 14.6 Å². The zero-order chi connectivity index (χ0) is 17.3. The summed E-state index contributed by atoms with van der Waals surface area (Å²) >= 11 is 0. The quantitative estimate of drug-likeness (QED) is 0.767. The molecule has 8 heteroatoms. The van der Waals surface area contributed by atoms with Gasteiger partial charge < -0.3 is 4.74 Å². The van der Waals surface area contributed by atoms with Crippen LogP contribution in [0.4, 0.5) is 5.82 Å². The number of sulfonamides is 1. The number of fused-ring (bicyclic) bond motifs is 1. The van der Waals surface area contributed by atoms with E-state index in [0.29, 0.717) is 17.2 Å². The first-order chi connectivity index (χ1) is 11.3. The molecule has 3 rings (SSSR count). The fourth-order valence-corrected chi connectivity index (χ4v) is 3.30. The van der Waals surface area contributed by atoms with Crippen LogP contribution in [0.1, 0.15) is 19.5 Å². The van der Waals surface area contributed by atoms with Gasteiger partial charge in [-0.05, 0) is 51.1 Å². The van der Waals surface area contributed by atoms with E-state index in [-0.39, 0.29) is 11.0 Å². The number of hydrogen-bond donors (Lipinski definition) is 1. The fourth-order valence-electron chi connectivity index (χ4n) is 2.25. The smallest absolute Gasteiger partial charge is 0.263 e. The summed E-state index contributed by atoms with van der Waals surface area (Å²) in [6.45, 7) is 5.64. The van der Waals surface area contributed by atoms with Crippen molar-refractivity contribution in [3.05, 3.63) is 48.3 Å². The molecule has 126 valence electrons. The van der Waals surface area contributed by atoms with Gasteiger partial charge in [0.25, 0.3) is 10.0 Å². The Kier molecular flexibility index (Phi) is 4.15. The molecule has 0 bridgehead atoms. The van der Waals surface area contributed by atoms with Gasteiger partial charge in [0.05, 0.1) is 16.7 Å². The molecule has 0 atom stereocenters. The van der Waals surface area contributed by atoms with E-state index >= 15 is 0 Å². The second kappa shape index (κ2) is 6.12. The molecule has 0 unspecified atom stereocenters. The Balaban J connectivity index is 1.90.